The Morgan fingerprint density at radius 2 is 2.20 bits per heavy atom. The summed E-state index contributed by atoms with van der Waals surface area (Å²) in [7, 11) is 0. The maximum Gasteiger partial charge on any atom is 0.107 e. The van der Waals surface area contributed by atoms with Gasteiger partial charge in [0.25, 0.3) is 0 Å². The number of hydrogen-bond acceptors (Lipinski definition) is 3. The third-order valence-corrected chi connectivity index (χ3v) is 5.31. The van der Waals surface area contributed by atoms with E-state index in [0.29, 0.717) is 0 Å². The zero-order chi connectivity index (χ0) is 13.9. The Morgan fingerprint density at radius 3 is 2.90 bits per heavy atom. The number of thiophene rings is 1. The number of hydrogen-bond donors (Lipinski definition) is 2. The van der Waals surface area contributed by atoms with Gasteiger partial charge in [-0.2, -0.15) is 5.10 Å². The SMILES string of the molecule is Clc1sc(CNc2cccc(-c3ccn[nH]3)c2)cc1Br. The summed E-state index contributed by atoms with van der Waals surface area (Å²) in [6.07, 6.45) is 1.75. The van der Waals surface area contributed by atoms with E-state index in [-0.39, 0.29) is 0 Å². The molecule has 1 aromatic carbocycles. The molecule has 0 aliphatic rings. The van der Waals surface area contributed by atoms with Crippen LogP contribution in [0.2, 0.25) is 4.34 Å². The summed E-state index contributed by atoms with van der Waals surface area (Å²) < 4.78 is 1.74. The summed E-state index contributed by atoms with van der Waals surface area (Å²) in [4.78, 5) is 1.19. The molecule has 2 aromatic heterocycles. The molecular formula is C14H11BrClN3S. The van der Waals surface area contributed by atoms with Gasteiger partial charge in [-0.15, -0.1) is 11.3 Å². The van der Waals surface area contributed by atoms with Crippen molar-refractivity contribution in [2.75, 3.05) is 5.32 Å². The van der Waals surface area contributed by atoms with Crippen LogP contribution in [0.1, 0.15) is 4.88 Å². The van der Waals surface area contributed by atoms with Crippen LogP contribution in [0.3, 0.4) is 0 Å². The second-order valence-corrected chi connectivity index (χ2v) is 6.83. The third-order valence-electron chi connectivity index (χ3n) is 2.84. The van der Waals surface area contributed by atoms with Crippen LogP contribution in [0, 0.1) is 0 Å². The molecule has 0 fully saturated rings. The molecular weight excluding hydrogens is 358 g/mol. The zero-order valence-electron chi connectivity index (χ0n) is 10.4. The summed E-state index contributed by atoms with van der Waals surface area (Å²) in [5, 5.41) is 10.3. The number of nitrogens with one attached hydrogen (secondary N) is 2. The van der Waals surface area contributed by atoms with E-state index in [1.165, 1.54) is 4.88 Å². The number of halogens is 2. The van der Waals surface area contributed by atoms with E-state index >= 15 is 0 Å². The fraction of sp³-hybridized carbons (Fsp3) is 0.0714. The quantitative estimate of drug-likeness (QED) is 0.667. The first-order valence-electron chi connectivity index (χ1n) is 6.00. The van der Waals surface area contributed by atoms with E-state index in [9.17, 15) is 0 Å². The maximum absolute atomic E-state index is 6.04. The fourth-order valence-corrected chi connectivity index (χ4v) is 3.61. The topological polar surface area (TPSA) is 40.7 Å². The summed E-state index contributed by atoms with van der Waals surface area (Å²) in [5.41, 5.74) is 3.19. The van der Waals surface area contributed by atoms with E-state index < -0.39 is 0 Å². The van der Waals surface area contributed by atoms with E-state index in [2.05, 4.69) is 43.6 Å². The van der Waals surface area contributed by atoms with Crippen LogP contribution in [0.15, 0.2) is 47.1 Å². The van der Waals surface area contributed by atoms with Gasteiger partial charge in [-0.05, 0) is 40.2 Å². The van der Waals surface area contributed by atoms with Gasteiger partial charge in [0.2, 0.25) is 0 Å². The molecule has 0 amide bonds. The third kappa shape index (κ3) is 3.06. The lowest BCUT2D eigenvalue weighted by Gasteiger charge is -2.06. The van der Waals surface area contributed by atoms with Gasteiger partial charge in [0.15, 0.2) is 0 Å². The number of aromatic amines is 1. The first kappa shape index (κ1) is 13.7. The normalized spacial score (nSPS) is 10.7. The molecule has 2 heterocycles. The largest absolute Gasteiger partial charge is 0.380 e. The van der Waals surface area contributed by atoms with Crippen LogP contribution in [0.25, 0.3) is 11.3 Å². The molecule has 0 spiro atoms. The lowest BCUT2D eigenvalue weighted by atomic mass is 10.1. The van der Waals surface area contributed by atoms with E-state index in [1.54, 1.807) is 17.5 Å². The van der Waals surface area contributed by atoms with Crippen LogP contribution in [-0.4, -0.2) is 10.2 Å². The van der Waals surface area contributed by atoms with Gasteiger partial charge >= 0.3 is 0 Å². The van der Waals surface area contributed by atoms with Crippen LogP contribution in [-0.2, 0) is 6.54 Å². The number of benzene rings is 1. The van der Waals surface area contributed by atoms with Crippen LogP contribution in [0.5, 0.6) is 0 Å². The van der Waals surface area contributed by atoms with Gasteiger partial charge in [0.1, 0.15) is 4.34 Å². The molecule has 0 radical (unpaired) electrons. The highest BCUT2D eigenvalue weighted by Crippen LogP contribution is 2.32. The smallest absolute Gasteiger partial charge is 0.107 e. The molecule has 3 aromatic rings. The summed E-state index contributed by atoms with van der Waals surface area (Å²) in [6, 6.07) is 12.2. The molecule has 3 rings (SSSR count). The average molecular weight is 369 g/mol. The van der Waals surface area contributed by atoms with E-state index in [1.807, 2.05) is 24.3 Å². The van der Waals surface area contributed by atoms with Crippen molar-refractivity contribution >= 4 is 44.6 Å². The Labute approximate surface area is 134 Å². The molecule has 0 aliphatic heterocycles. The molecule has 102 valence electrons. The van der Waals surface area contributed by atoms with Crippen molar-refractivity contribution in [2.24, 2.45) is 0 Å². The highest BCUT2D eigenvalue weighted by molar-refractivity contribution is 9.10. The number of anilines is 1. The monoisotopic (exact) mass is 367 g/mol. The molecule has 0 atom stereocenters. The minimum atomic E-state index is 0.752. The standard InChI is InChI=1S/C14H11BrClN3S/c15-12-7-11(20-14(12)16)8-17-10-3-1-2-9(6-10)13-4-5-18-19-13/h1-7,17H,8H2,(H,18,19). The second kappa shape index (κ2) is 5.99. The predicted molar refractivity (Wildman–Crippen MR) is 88.4 cm³/mol. The molecule has 20 heavy (non-hydrogen) atoms. The van der Waals surface area contributed by atoms with Crippen LogP contribution < -0.4 is 5.32 Å². The first-order valence-corrected chi connectivity index (χ1v) is 7.98. The van der Waals surface area contributed by atoms with E-state index in [0.717, 1.165) is 32.3 Å². The Kier molecular flexibility index (Phi) is 4.10. The highest BCUT2D eigenvalue weighted by atomic mass is 79.9. The number of nitrogens with zero attached hydrogens (tertiary/aromatic N) is 1. The molecule has 0 unspecified atom stereocenters. The zero-order valence-corrected chi connectivity index (χ0v) is 13.5. The molecule has 2 N–H and O–H groups in total. The minimum Gasteiger partial charge on any atom is -0.380 e. The number of rotatable bonds is 4. The fourth-order valence-electron chi connectivity index (χ4n) is 1.88. The van der Waals surface area contributed by atoms with Crippen molar-refractivity contribution in [1.29, 1.82) is 0 Å². The van der Waals surface area contributed by atoms with Gasteiger partial charge in [-0.3, -0.25) is 5.10 Å². The van der Waals surface area contributed by atoms with E-state index in [4.69, 9.17) is 11.6 Å². The molecule has 0 bridgehead atoms. The Bertz CT molecular complexity index is 690. The van der Waals surface area contributed by atoms with Crippen molar-refractivity contribution in [3.63, 3.8) is 0 Å². The van der Waals surface area contributed by atoms with Gasteiger partial charge in [0.05, 0.1) is 5.69 Å². The van der Waals surface area contributed by atoms with Crippen molar-refractivity contribution in [1.82, 2.24) is 10.2 Å². The van der Waals surface area contributed by atoms with Crippen molar-refractivity contribution in [3.05, 3.63) is 56.3 Å². The van der Waals surface area contributed by atoms with Gasteiger partial charge in [-0.1, -0.05) is 23.7 Å². The maximum atomic E-state index is 6.04. The molecule has 0 saturated carbocycles. The average Bonchev–Trinajstić information content (AvgIpc) is 3.08. The van der Waals surface area contributed by atoms with Crippen molar-refractivity contribution in [3.8, 4) is 11.3 Å². The molecule has 0 aliphatic carbocycles. The summed E-state index contributed by atoms with van der Waals surface area (Å²) in [5.74, 6) is 0. The Morgan fingerprint density at radius 1 is 1.30 bits per heavy atom. The van der Waals surface area contributed by atoms with Gasteiger partial charge in [-0.25, -0.2) is 0 Å². The molecule has 0 saturated heterocycles. The van der Waals surface area contributed by atoms with Gasteiger partial charge < -0.3 is 5.32 Å². The van der Waals surface area contributed by atoms with Crippen molar-refractivity contribution in [2.45, 2.75) is 6.54 Å². The van der Waals surface area contributed by atoms with Gasteiger partial charge in [0, 0.05) is 33.3 Å². The van der Waals surface area contributed by atoms with Crippen LogP contribution >= 0.6 is 38.9 Å². The number of aromatic nitrogens is 2. The van der Waals surface area contributed by atoms with Crippen LogP contribution in [0.4, 0.5) is 5.69 Å². The van der Waals surface area contributed by atoms with Crippen molar-refractivity contribution < 1.29 is 0 Å². The lowest BCUT2D eigenvalue weighted by molar-refractivity contribution is 1.09. The minimum absolute atomic E-state index is 0.752. The molecule has 6 heteroatoms. The summed E-state index contributed by atoms with van der Waals surface area (Å²) in [6.45, 7) is 0.752. The predicted octanol–water partition coefficient (Wildman–Crippen LogP) is 5.17. The Balaban J connectivity index is 1.73. The second-order valence-electron chi connectivity index (χ2n) is 4.24. The Hall–Kier alpha value is -1.30. The lowest BCUT2D eigenvalue weighted by Crippen LogP contribution is -1.97. The number of H-pyrrole nitrogens is 1. The first-order chi connectivity index (χ1) is 9.72. The highest BCUT2D eigenvalue weighted by Gasteiger charge is 2.05. The summed E-state index contributed by atoms with van der Waals surface area (Å²) >= 11 is 11.0. The molecule has 3 nitrogen and oxygen atoms in total.